The molecule has 0 saturated carbocycles. The molecule has 1 rings (SSSR count). The maximum absolute atomic E-state index is 12.5. The van der Waals surface area contributed by atoms with Crippen molar-refractivity contribution >= 4 is 26.8 Å². The summed E-state index contributed by atoms with van der Waals surface area (Å²) in [4.78, 5) is 14.5. The van der Waals surface area contributed by atoms with Gasteiger partial charge in [0.25, 0.3) is 0 Å². The van der Waals surface area contributed by atoms with Gasteiger partial charge in [0.1, 0.15) is 21.8 Å². The van der Waals surface area contributed by atoms with Crippen LogP contribution in [-0.2, 0) is 15.0 Å². The van der Waals surface area contributed by atoms with Gasteiger partial charge in [0.15, 0.2) is 5.78 Å². The maximum Gasteiger partial charge on any atom is 0.159 e. The fourth-order valence-corrected chi connectivity index (χ4v) is 6.29. The Labute approximate surface area is 117 Å². The molecule has 0 spiro atoms. The Hall–Kier alpha value is 0.250. The number of Topliss-reactive ketones (excluding diaryl/α,β-unsaturated/α-hetero) is 1. The average molecular weight is 292 g/mol. The van der Waals surface area contributed by atoms with Crippen LogP contribution in [0.2, 0.25) is 0 Å². The van der Waals surface area contributed by atoms with Crippen molar-refractivity contribution in [2.45, 2.75) is 37.5 Å². The lowest BCUT2D eigenvalue weighted by Crippen LogP contribution is -2.48. The van der Waals surface area contributed by atoms with E-state index in [1.54, 1.807) is 0 Å². The van der Waals surface area contributed by atoms with Crippen molar-refractivity contribution in [3.63, 3.8) is 0 Å². The first-order valence-corrected chi connectivity index (χ1v) is 9.18. The molecule has 0 amide bonds. The number of hydrogen-bond donors (Lipinski definition) is 1. The largest absolute Gasteiger partial charge is 0.605 e. The molecule has 1 aliphatic rings. The Bertz CT molecular complexity index is 277. The van der Waals surface area contributed by atoms with Crippen LogP contribution in [0.15, 0.2) is 0 Å². The summed E-state index contributed by atoms with van der Waals surface area (Å²) in [5.41, 5.74) is 5.49. The summed E-state index contributed by atoms with van der Waals surface area (Å²) >= 11 is 0. The molecule has 0 aromatic rings. The summed E-state index contributed by atoms with van der Waals surface area (Å²) in [5, 5.41) is -0.151. The molecule has 18 heavy (non-hydrogen) atoms. The lowest BCUT2D eigenvalue weighted by Gasteiger charge is -2.34. The summed E-state index contributed by atoms with van der Waals surface area (Å²) in [5.74, 6) is 0.715. The number of carbonyl (C=O) groups excluding carboxylic acids is 1. The fraction of sp³-hybridized carbons (Fsp3) is 0.917. The Kier molecular flexibility index (Phi) is 7.02. The summed E-state index contributed by atoms with van der Waals surface area (Å²) in [6, 6.07) is 0.173. The molecule has 1 fully saturated rings. The van der Waals surface area contributed by atoms with Gasteiger partial charge < -0.3 is 15.2 Å². The van der Waals surface area contributed by atoms with Gasteiger partial charge in [0.05, 0.1) is 5.92 Å². The molecule has 0 aromatic heterocycles. The Morgan fingerprint density at radius 2 is 2.28 bits per heavy atom. The maximum atomic E-state index is 12.5. The van der Waals surface area contributed by atoms with E-state index in [0.717, 1.165) is 19.3 Å². The van der Waals surface area contributed by atoms with Gasteiger partial charge in [0, 0.05) is 16.2 Å². The van der Waals surface area contributed by atoms with Gasteiger partial charge in [0.2, 0.25) is 0 Å². The minimum absolute atomic E-state index is 0.0605. The highest BCUT2D eigenvalue weighted by atomic mass is 33.1. The normalized spacial score (nSPS) is 30.8. The van der Waals surface area contributed by atoms with Gasteiger partial charge in [-0.15, -0.1) is 0 Å². The number of rotatable bonds is 6. The van der Waals surface area contributed by atoms with E-state index in [9.17, 15) is 9.35 Å². The summed E-state index contributed by atoms with van der Waals surface area (Å²) in [7, 11) is 4.37. The predicted molar refractivity (Wildman–Crippen MR) is 78.9 cm³/mol. The first kappa shape index (κ1) is 16.3. The van der Waals surface area contributed by atoms with Crippen LogP contribution in [0.4, 0.5) is 0 Å². The second-order valence-electron chi connectivity index (χ2n) is 4.96. The van der Waals surface area contributed by atoms with E-state index >= 15 is 0 Å². The van der Waals surface area contributed by atoms with E-state index in [2.05, 4.69) is 11.8 Å². The lowest BCUT2D eigenvalue weighted by atomic mass is 9.93. The third kappa shape index (κ3) is 4.13. The zero-order valence-electron chi connectivity index (χ0n) is 11.4. The smallest absolute Gasteiger partial charge is 0.159 e. The molecule has 0 aromatic carbocycles. The molecule has 6 heteroatoms. The Balaban J connectivity index is 2.74. The van der Waals surface area contributed by atoms with Gasteiger partial charge in [-0.3, -0.25) is 4.79 Å². The minimum Gasteiger partial charge on any atom is -0.605 e. The van der Waals surface area contributed by atoms with Crippen molar-refractivity contribution in [1.29, 1.82) is 0 Å². The number of hydrogen-bond acceptors (Lipinski definition) is 5. The molecule has 0 aliphatic carbocycles. The highest BCUT2D eigenvalue weighted by molar-refractivity contribution is 8.72. The molecule has 106 valence electrons. The SMILES string of the molecule is CCC([C@H]1S[S+]([O-])CC(CCCN)C1=O)N(C)C. The highest BCUT2D eigenvalue weighted by Gasteiger charge is 2.44. The average Bonchev–Trinajstić information content (AvgIpc) is 2.31. The molecule has 1 saturated heterocycles. The molecule has 1 heterocycles. The van der Waals surface area contributed by atoms with Crippen molar-refractivity contribution in [2.24, 2.45) is 11.7 Å². The molecule has 3 unspecified atom stereocenters. The lowest BCUT2D eigenvalue weighted by molar-refractivity contribution is -0.123. The predicted octanol–water partition coefficient (Wildman–Crippen LogP) is 1.03. The van der Waals surface area contributed by atoms with Crippen molar-refractivity contribution in [1.82, 2.24) is 4.90 Å². The number of nitrogens with two attached hydrogens (primary N) is 1. The van der Waals surface area contributed by atoms with Crippen LogP contribution in [0, 0.1) is 5.92 Å². The third-order valence-electron chi connectivity index (χ3n) is 3.42. The molecule has 1 aliphatic heterocycles. The summed E-state index contributed by atoms with van der Waals surface area (Å²) in [6.07, 6.45) is 2.52. The van der Waals surface area contributed by atoms with Crippen LogP contribution in [0.25, 0.3) is 0 Å². The van der Waals surface area contributed by atoms with Crippen LogP contribution in [0.3, 0.4) is 0 Å². The number of ketones is 1. The molecule has 0 bridgehead atoms. The van der Waals surface area contributed by atoms with E-state index < -0.39 is 10.2 Å². The zero-order chi connectivity index (χ0) is 13.7. The number of carbonyl (C=O) groups is 1. The van der Waals surface area contributed by atoms with Crippen LogP contribution in [0.5, 0.6) is 0 Å². The van der Waals surface area contributed by atoms with Gasteiger partial charge in [-0.05, 0) is 39.9 Å². The van der Waals surface area contributed by atoms with E-state index in [-0.39, 0.29) is 23.0 Å². The van der Waals surface area contributed by atoms with Gasteiger partial charge in [-0.2, -0.15) is 0 Å². The molecule has 4 nitrogen and oxygen atoms in total. The van der Waals surface area contributed by atoms with Gasteiger partial charge >= 0.3 is 0 Å². The molecule has 2 N–H and O–H groups in total. The highest BCUT2D eigenvalue weighted by Crippen LogP contribution is 2.36. The van der Waals surface area contributed by atoms with E-state index in [1.807, 2.05) is 14.1 Å². The summed E-state index contributed by atoms with van der Waals surface area (Å²) in [6.45, 7) is 2.67. The first-order chi connectivity index (χ1) is 8.51. The monoisotopic (exact) mass is 292 g/mol. The van der Waals surface area contributed by atoms with E-state index in [4.69, 9.17) is 5.73 Å². The van der Waals surface area contributed by atoms with E-state index in [0.29, 0.717) is 12.3 Å². The second kappa shape index (κ2) is 7.75. The van der Waals surface area contributed by atoms with Crippen LogP contribution < -0.4 is 5.73 Å². The van der Waals surface area contributed by atoms with Gasteiger partial charge in [-0.1, -0.05) is 6.92 Å². The van der Waals surface area contributed by atoms with Crippen molar-refractivity contribution in [3.8, 4) is 0 Å². The van der Waals surface area contributed by atoms with Crippen LogP contribution in [-0.4, -0.2) is 52.9 Å². The van der Waals surface area contributed by atoms with Crippen LogP contribution in [0.1, 0.15) is 26.2 Å². The first-order valence-electron chi connectivity index (χ1n) is 6.47. The van der Waals surface area contributed by atoms with E-state index in [1.165, 1.54) is 10.8 Å². The standard InChI is InChI=1S/C12H24N2O2S2/c1-4-10(14(2)3)12-11(15)9(6-5-7-13)8-18(16)17-12/h9-10,12H,4-8,13H2,1-3H3/t9?,10?,12-,18?/m1/s1. The second-order valence-corrected chi connectivity index (χ2v) is 8.29. The molecular formula is C12H24N2O2S2. The van der Waals surface area contributed by atoms with Gasteiger partial charge in [-0.25, -0.2) is 0 Å². The fourth-order valence-electron chi connectivity index (χ4n) is 2.37. The molecular weight excluding hydrogens is 268 g/mol. The summed E-state index contributed by atoms with van der Waals surface area (Å²) < 4.78 is 11.9. The van der Waals surface area contributed by atoms with Crippen LogP contribution >= 0.6 is 10.8 Å². The zero-order valence-corrected chi connectivity index (χ0v) is 13.1. The minimum atomic E-state index is -0.935. The van der Waals surface area contributed by atoms with Crippen molar-refractivity contribution < 1.29 is 9.35 Å². The van der Waals surface area contributed by atoms with Crippen molar-refractivity contribution in [3.05, 3.63) is 0 Å². The topological polar surface area (TPSA) is 69.4 Å². The van der Waals surface area contributed by atoms with Crippen molar-refractivity contribution in [2.75, 3.05) is 26.4 Å². The number of nitrogens with zero attached hydrogens (tertiary/aromatic N) is 1. The third-order valence-corrected chi connectivity index (χ3v) is 6.74. The Morgan fingerprint density at radius 1 is 1.61 bits per heavy atom. The quantitative estimate of drug-likeness (QED) is 0.585. The molecule has 4 atom stereocenters. The Morgan fingerprint density at radius 3 is 2.78 bits per heavy atom. The molecule has 0 radical (unpaired) electrons.